The molecule has 20 nitrogen and oxygen atoms in total. The number of primary amides is 1. The van der Waals surface area contributed by atoms with Crippen LogP contribution in [0.1, 0.15) is 131 Å². The number of aromatic hydroxyl groups is 1. The van der Waals surface area contributed by atoms with Crippen molar-refractivity contribution in [1.29, 1.82) is 0 Å². The van der Waals surface area contributed by atoms with Crippen LogP contribution in [0.15, 0.2) is 54.6 Å². The molecule has 0 saturated heterocycles. The van der Waals surface area contributed by atoms with Gasteiger partial charge in [0.25, 0.3) is 0 Å². The highest BCUT2D eigenvalue weighted by Crippen LogP contribution is 2.16. The molecule has 0 spiro atoms. The predicted octanol–water partition coefficient (Wildman–Crippen LogP) is 2.04. The van der Waals surface area contributed by atoms with Gasteiger partial charge in [0.05, 0.1) is 0 Å². The fraction of sp³-hybridized carbons (Fsp3) is 0.604. The minimum atomic E-state index is -1.23. The molecule has 2 aromatic carbocycles. The molecule has 406 valence electrons. The van der Waals surface area contributed by atoms with E-state index in [-0.39, 0.29) is 56.1 Å². The molecule has 0 aromatic heterocycles. The average Bonchev–Trinajstić information content (AvgIpc) is 3.33. The SMILES string of the molecule is CCC[C@H](NC(C)=O)C(=O)N[C@@H](CC(C)C)C(=O)N[C@@H](Cc1ccccc1)C(=O)N[C@@H](CCCCN)C(=O)N[C@@H](CC)C(=O)N[C@H](C(=O)N[C@@H](CC(C)C)C(=O)N[C@@H](Cc1ccc(O)cc1)C(N)=O)[C@@H](C)CC. The molecule has 0 fully saturated rings. The molecular formula is C53H84N10O10. The number of nitrogens with two attached hydrogens (primary N) is 2. The molecule has 0 saturated carbocycles. The summed E-state index contributed by atoms with van der Waals surface area (Å²) >= 11 is 0. The van der Waals surface area contributed by atoms with Crippen LogP contribution < -0.4 is 54.0 Å². The van der Waals surface area contributed by atoms with Crippen LogP contribution >= 0.6 is 0 Å². The maximum absolute atomic E-state index is 14.4. The lowest BCUT2D eigenvalue weighted by atomic mass is 9.96. The summed E-state index contributed by atoms with van der Waals surface area (Å²) < 4.78 is 0. The van der Waals surface area contributed by atoms with Gasteiger partial charge in [-0.25, -0.2) is 0 Å². The summed E-state index contributed by atoms with van der Waals surface area (Å²) in [6, 6.07) is 6.03. The number of nitrogens with one attached hydrogen (secondary N) is 8. The van der Waals surface area contributed by atoms with E-state index in [1.165, 1.54) is 19.1 Å². The van der Waals surface area contributed by atoms with E-state index in [0.717, 1.165) is 0 Å². The van der Waals surface area contributed by atoms with E-state index in [4.69, 9.17) is 11.5 Å². The quantitative estimate of drug-likeness (QED) is 0.0460. The Morgan fingerprint density at radius 1 is 0.493 bits per heavy atom. The van der Waals surface area contributed by atoms with Gasteiger partial charge in [0.1, 0.15) is 54.1 Å². The summed E-state index contributed by atoms with van der Waals surface area (Å²) in [6.45, 7) is 16.2. The second-order valence-electron chi connectivity index (χ2n) is 19.7. The first-order valence-corrected chi connectivity index (χ1v) is 25.7. The molecular weight excluding hydrogens is 937 g/mol. The zero-order valence-electron chi connectivity index (χ0n) is 44.3. The molecule has 20 heteroatoms. The number of hydrogen-bond donors (Lipinski definition) is 11. The number of phenolic OH excluding ortho intramolecular Hbond substituents is 1. The van der Waals surface area contributed by atoms with Crippen LogP contribution in [0.3, 0.4) is 0 Å². The highest BCUT2D eigenvalue weighted by molar-refractivity contribution is 5.98. The molecule has 73 heavy (non-hydrogen) atoms. The van der Waals surface area contributed by atoms with Crippen LogP contribution in [0.4, 0.5) is 0 Å². The summed E-state index contributed by atoms with van der Waals surface area (Å²) in [5.74, 6) is -6.37. The van der Waals surface area contributed by atoms with Gasteiger partial charge in [-0.2, -0.15) is 0 Å². The van der Waals surface area contributed by atoms with E-state index in [9.17, 15) is 48.3 Å². The molecule has 0 aliphatic heterocycles. The standard InChI is InChI=1S/C53H84N10O10/c1-10-18-39(56-34(9)64)48(68)60-42(27-31(4)5)51(71)61-44(30-35-19-14-13-15-20-35)52(72)58-40(21-16-17-26-54)49(69)57-38(12-3)47(67)63-45(33(8)11-2)53(73)62-43(28-32(6)7)50(70)59-41(46(55)66)29-36-22-24-37(65)25-23-36/h13-15,19-20,22-25,31-33,38-45,65H,10-12,16-18,21,26-30,54H2,1-9H3,(H2,55,66)(H,56,64)(H,57,69)(H,58,72)(H,59,70)(H,60,68)(H,61,71)(H,62,73)(H,63,67)/t33-,38-,39-,40-,41-,42-,43-,44-,45-/m0/s1. The normalized spacial score (nSPS) is 14.9. The summed E-state index contributed by atoms with van der Waals surface area (Å²) in [7, 11) is 0. The van der Waals surface area contributed by atoms with Gasteiger partial charge in [-0.05, 0) is 92.5 Å². The molecule has 2 aromatic rings. The fourth-order valence-corrected chi connectivity index (χ4v) is 8.05. The Kier molecular flexibility index (Phi) is 27.8. The molecule has 0 unspecified atom stereocenters. The van der Waals surface area contributed by atoms with Crippen molar-refractivity contribution in [3.63, 3.8) is 0 Å². The molecule has 0 radical (unpaired) electrons. The van der Waals surface area contributed by atoms with Crippen molar-refractivity contribution >= 4 is 53.2 Å². The van der Waals surface area contributed by atoms with Gasteiger partial charge in [-0.3, -0.25) is 43.2 Å². The number of unbranched alkanes of at least 4 members (excludes halogenated alkanes) is 1. The van der Waals surface area contributed by atoms with Crippen LogP contribution in [0.2, 0.25) is 0 Å². The second-order valence-corrected chi connectivity index (χ2v) is 19.7. The van der Waals surface area contributed by atoms with Gasteiger partial charge in [0, 0.05) is 19.8 Å². The number of rotatable bonds is 33. The molecule has 9 amide bonds. The summed E-state index contributed by atoms with van der Waals surface area (Å²) in [5.41, 5.74) is 12.8. The Morgan fingerprint density at radius 3 is 1.42 bits per heavy atom. The molecule has 0 aliphatic carbocycles. The minimum Gasteiger partial charge on any atom is -0.508 e. The van der Waals surface area contributed by atoms with Crippen LogP contribution in [0.25, 0.3) is 0 Å². The maximum Gasteiger partial charge on any atom is 0.243 e. The predicted molar refractivity (Wildman–Crippen MR) is 279 cm³/mol. The van der Waals surface area contributed by atoms with Crippen molar-refractivity contribution in [2.45, 2.75) is 181 Å². The van der Waals surface area contributed by atoms with Crippen LogP contribution in [0.5, 0.6) is 5.75 Å². The molecule has 13 N–H and O–H groups in total. The zero-order chi connectivity index (χ0) is 54.8. The Labute approximate surface area is 431 Å². The molecule has 0 heterocycles. The smallest absolute Gasteiger partial charge is 0.243 e. The van der Waals surface area contributed by atoms with Crippen LogP contribution in [0, 0.1) is 17.8 Å². The van der Waals surface area contributed by atoms with E-state index in [1.807, 2.05) is 41.5 Å². The average molecular weight is 1020 g/mol. The molecule has 0 bridgehead atoms. The van der Waals surface area contributed by atoms with Crippen molar-refractivity contribution in [3.05, 3.63) is 65.7 Å². The summed E-state index contributed by atoms with van der Waals surface area (Å²) in [6.07, 6.45) is 2.95. The van der Waals surface area contributed by atoms with E-state index >= 15 is 0 Å². The highest BCUT2D eigenvalue weighted by Gasteiger charge is 2.36. The first kappa shape index (κ1) is 62.5. The topological polar surface area (TPSA) is 322 Å². The van der Waals surface area contributed by atoms with Gasteiger partial charge in [-0.1, -0.05) is 111 Å². The monoisotopic (exact) mass is 1020 g/mol. The Morgan fingerprint density at radius 2 is 0.932 bits per heavy atom. The number of amides is 9. The lowest BCUT2D eigenvalue weighted by Gasteiger charge is -2.30. The van der Waals surface area contributed by atoms with Gasteiger partial charge in [0.15, 0.2) is 0 Å². The third-order valence-electron chi connectivity index (χ3n) is 12.3. The van der Waals surface area contributed by atoms with E-state index in [2.05, 4.69) is 42.5 Å². The van der Waals surface area contributed by atoms with Crippen molar-refractivity contribution in [3.8, 4) is 5.75 Å². The van der Waals surface area contributed by atoms with Crippen LogP contribution in [-0.2, 0) is 56.0 Å². The minimum absolute atomic E-state index is 0.0204. The number of benzene rings is 2. The number of carbonyl (C=O) groups excluding carboxylic acids is 9. The van der Waals surface area contributed by atoms with Gasteiger partial charge >= 0.3 is 0 Å². The van der Waals surface area contributed by atoms with Crippen molar-refractivity contribution < 1.29 is 48.3 Å². The largest absolute Gasteiger partial charge is 0.508 e. The van der Waals surface area contributed by atoms with E-state index in [1.54, 1.807) is 56.3 Å². The van der Waals surface area contributed by atoms with Crippen molar-refractivity contribution in [2.24, 2.45) is 29.2 Å². The second kappa shape index (κ2) is 32.5. The summed E-state index contributed by atoms with van der Waals surface area (Å²) in [5, 5.41) is 31.7. The van der Waals surface area contributed by atoms with Gasteiger partial charge in [-0.15, -0.1) is 0 Å². The fourth-order valence-electron chi connectivity index (χ4n) is 8.05. The Balaban J connectivity index is 2.38. The lowest BCUT2D eigenvalue weighted by molar-refractivity contribution is -0.136. The first-order valence-electron chi connectivity index (χ1n) is 25.7. The summed E-state index contributed by atoms with van der Waals surface area (Å²) in [4.78, 5) is 122. The third kappa shape index (κ3) is 22.8. The molecule has 0 aliphatic rings. The Hall–Kier alpha value is -6.57. The third-order valence-corrected chi connectivity index (χ3v) is 12.3. The van der Waals surface area contributed by atoms with E-state index < -0.39 is 107 Å². The highest BCUT2D eigenvalue weighted by atomic mass is 16.3. The number of hydrogen-bond acceptors (Lipinski definition) is 11. The Bertz CT molecular complexity index is 2110. The molecule has 2 rings (SSSR count). The first-order chi connectivity index (χ1) is 34.5. The van der Waals surface area contributed by atoms with Crippen LogP contribution in [-0.4, -0.2) is 113 Å². The zero-order valence-corrected chi connectivity index (χ0v) is 44.3. The van der Waals surface area contributed by atoms with Gasteiger partial charge < -0.3 is 59.1 Å². The van der Waals surface area contributed by atoms with E-state index in [0.29, 0.717) is 49.8 Å². The van der Waals surface area contributed by atoms with Gasteiger partial charge in [0.2, 0.25) is 53.2 Å². The molecule has 9 atom stereocenters. The number of phenols is 1. The number of carbonyl (C=O) groups is 9. The lowest BCUT2D eigenvalue weighted by Crippen LogP contribution is -2.61. The van der Waals surface area contributed by atoms with Crippen molar-refractivity contribution in [1.82, 2.24) is 42.5 Å². The van der Waals surface area contributed by atoms with Crippen molar-refractivity contribution in [2.75, 3.05) is 6.54 Å². The maximum atomic E-state index is 14.4.